The zero-order valence-corrected chi connectivity index (χ0v) is 7.71. The van der Waals surface area contributed by atoms with E-state index in [2.05, 4.69) is 18.9 Å². The van der Waals surface area contributed by atoms with Gasteiger partial charge in [-0.05, 0) is 26.3 Å². The maximum absolute atomic E-state index is 5.91. The molecule has 66 valence electrons. The second kappa shape index (κ2) is 4.07. The van der Waals surface area contributed by atoms with Gasteiger partial charge in [0.25, 0.3) is 0 Å². The number of hydrogen-bond donors (Lipinski definition) is 1. The SMILES string of the molecule is CCCC(N)CN(C)C1CC1. The Kier molecular flexibility index (Phi) is 3.34. The summed E-state index contributed by atoms with van der Waals surface area (Å²) in [5, 5.41) is 0. The lowest BCUT2D eigenvalue weighted by molar-refractivity contribution is 0.295. The zero-order valence-electron chi connectivity index (χ0n) is 7.71. The van der Waals surface area contributed by atoms with Crippen molar-refractivity contribution in [3.63, 3.8) is 0 Å². The lowest BCUT2D eigenvalue weighted by Crippen LogP contribution is -2.36. The van der Waals surface area contributed by atoms with E-state index in [1.807, 2.05) is 0 Å². The normalized spacial score (nSPS) is 20.7. The van der Waals surface area contributed by atoms with Crippen LogP contribution in [-0.2, 0) is 0 Å². The van der Waals surface area contributed by atoms with Crippen LogP contribution < -0.4 is 5.73 Å². The summed E-state index contributed by atoms with van der Waals surface area (Å²) in [6.07, 6.45) is 5.14. The van der Waals surface area contributed by atoms with Gasteiger partial charge < -0.3 is 10.6 Å². The summed E-state index contributed by atoms with van der Waals surface area (Å²) in [6.45, 7) is 3.27. The van der Waals surface area contributed by atoms with Crippen molar-refractivity contribution in [2.75, 3.05) is 13.6 Å². The van der Waals surface area contributed by atoms with Crippen LogP contribution in [0.2, 0.25) is 0 Å². The Bertz CT molecular complexity index is 110. The average molecular weight is 156 g/mol. The molecule has 0 aromatic rings. The Morgan fingerprint density at radius 1 is 1.55 bits per heavy atom. The quantitative estimate of drug-likeness (QED) is 0.648. The molecule has 1 unspecified atom stereocenters. The number of hydrogen-bond acceptors (Lipinski definition) is 2. The molecule has 0 aromatic heterocycles. The van der Waals surface area contributed by atoms with Crippen molar-refractivity contribution in [1.82, 2.24) is 4.90 Å². The molecular formula is C9H20N2. The van der Waals surface area contributed by atoms with Gasteiger partial charge in [0.1, 0.15) is 0 Å². The van der Waals surface area contributed by atoms with Crippen molar-refractivity contribution in [3.8, 4) is 0 Å². The van der Waals surface area contributed by atoms with Gasteiger partial charge in [0.15, 0.2) is 0 Å². The minimum Gasteiger partial charge on any atom is -0.327 e. The van der Waals surface area contributed by atoms with Crippen molar-refractivity contribution in [2.24, 2.45) is 5.73 Å². The smallest absolute Gasteiger partial charge is 0.0167 e. The molecule has 2 nitrogen and oxygen atoms in total. The van der Waals surface area contributed by atoms with E-state index in [1.165, 1.54) is 19.3 Å². The average Bonchev–Trinajstić information content (AvgIpc) is 2.67. The standard InChI is InChI=1S/C9H20N2/c1-3-4-8(10)7-11(2)9-5-6-9/h8-9H,3-7,10H2,1-2H3. The summed E-state index contributed by atoms with van der Waals surface area (Å²) in [5.74, 6) is 0. The van der Waals surface area contributed by atoms with Gasteiger partial charge in [-0.25, -0.2) is 0 Å². The molecule has 11 heavy (non-hydrogen) atoms. The van der Waals surface area contributed by atoms with E-state index in [1.54, 1.807) is 0 Å². The Hall–Kier alpha value is -0.0800. The maximum Gasteiger partial charge on any atom is 0.0167 e. The van der Waals surface area contributed by atoms with Crippen LogP contribution in [0.4, 0.5) is 0 Å². The van der Waals surface area contributed by atoms with Crippen LogP contribution in [-0.4, -0.2) is 30.6 Å². The first-order chi connectivity index (χ1) is 5.24. The van der Waals surface area contributed by atoms with Gasteiger partial charge in [-0.1, -0.05) is 13.3 Å². The first-order valence-electron chi connectivity index (χ1n) is 4.70. The topological polar surface area (TPSA) is 29.3 Å². The van der Waals surface area contributed by atoms with Gasteiger partial charge in [0.05, 0.1) is 0 Å². The van der Waals surface area contributed by atoms with Crippen LogP contribution in [0.1, 0.15) is 32.6 Å². The van der Waals surface area contributed by atoms with Crippen molar-refractivity contribution in [3.05, 3.63) is 0 Å². The lowest BCUT2D eigenvalue weighted by atomic mass is 10.2. The van der Waals surface area contributed by atoms with Crippen molar-refractivity contribution < 1.29 is 0 Å². The summed E-state index contributed by atoms with van der Waals surface area (Å²) < 4.78 is 0. The van der Waals surface area contributed by atoms with E-state index in [9.17, 15) is 0 Å². The van der Waals surface area contributed by atoms with E-state index >= 15 is 0 Å². The van der Waals surface area contributed by atoms with Crippen LogP contribution >= 0.6 is 0 Å². The molecule has 1 fully saturated rings. The lowest BCUT2D eigenvalue weighted by Gasteiger charge is -2.20. The molecule has 1 atom stereocenters. The van der Waals surface area contributed by atoms with Gasteiger partial charge in [-0.2, -0.15) is 0 Å². The molecule has 2 heteroatoms. The Labute approximate surface area is 69.8 Å². The Balaban J connectivity index is 2.07. The molecule has 1 aliphatic rings. The molecule has 0 aliphatic heterocycles. The fourth-order valence-electron chi connectivity index (χ4n) is 1.50. The predicted molar refractivity (Wildman–Crippen MR) is 48.5 cm³/mol. The van der Waals surface area contributed by atoms with Gasteiger partial charge in [-0.3, -0.25) is 0 Å². The van der Waals surface area contributed by atoms with Gasteiger partial charge >= 0.3 is 0 Å². The fourth-order valence-corrected chi connectivity index (χ4v) is 1.50. The van der Waals surface area contributed by atoms with Gasteiger partial charge in [-0.15, -0.1) is 0 Å². The monoisotopic (exact) mass is 156 g/mol. The summed E-state index contributed by atoms with van der Waals surface area (Å²) >= 11 is 0. The highest BCUT2D eigenvalue weighted by molar-refractivity contribution is 4.84. The number of rotatable bonds is 5. The summed E-state index contributed by atoms with van der Waals surface area (Å²) in [5.41, 5.74) is 5.91. The molecule has 1 saturated carbocycles. The first-order valence-corrected chi connectivity index (χ1v) is 4.70. The largest absolute Gasteiger partial charge is 0.327 e. The molecule has 0 heterocycles. The van der Waals surface area contributed by atoms with Crippen LogP contribution in [0.15, 0.2) is 0 Å². The minimum absolute atomic E-state index is 0.394. The fraction of sp³-hybridized carbons (Fsp3) is 1.00. The third kappa shape index (κ3) is 3.21. The number of nitrogens with two attached hydrogens (primary N) is 1. The van der Waals surface area contributed by atoms with E-state index in [0.717, 1.165) is 19.0 Å². The summed E-state index contributed by atoms with van der Waals surface area (Å²) in [4.78, 5) is 2.40. The highest BCUT2D eigenvalue weighted by atomic mass is 15.2. The predicted octanol–water partition coefficient (Wildman–Crippen LogP) is 1.21. The van der Waals surface area contributed by atoms with Crippen molar-refractivity contribution in [2.45, 2.75) is 44.7 Å². The van der Waals surface area contributed by atoms with E-state index in [4.69, 9.17) is 5.73 Å². The third-order valence-electron chi connectivity index (χ3n) is 2.35. The van der Waals surface area contributed by atoms with Gasteiger partial charge in [0.2, 0.25) is 0 Å². The van der Waals surface area contributed by atoms with Crippen molar-refractivity contribution >= 4 is 0 Å². The minimum atomic E-state index is 0.394. The van der Waals surface area contributed by atoms with Crippen LogP contribution in [0, 0.1) is 0 Å². The van der Waals surface area contributed by atoms with E-state index in [0.29, 0.717) is 6.04 Å². The van der Waals surface area contributed by atoms with Crippen molar-refractivity contribution in [1.29, 1.82) is 0 Å². The molecule has 2 N–H and O–H groups in total. The maximum atomic E-state index is 5.91. The van der Waals surface area contributed by atoms with Crippen LogP contribution in [0.25, 0.3) is 0 Å². The molecule has 1 rings (SSSR count). The molecule has 0 amide bonds. The Morgan fingerprint density at radius 2 is 2.18 bits per heavy atom. The summed E-state index contributed by atoms with van der Waals surface area (Å²) in [6, 6.07) is 1.25. The van der Waals surface area contributed by atoms with Crippen LogP contribution in [0.5, 0.6) is 0 Å². The molecule has 0 saturated heterocycles. The molecule has 1 aliphatic carbocycles. The molecule has 0 aromatic carbocycles. The van der Waals surface area contributed by atoms with E-state index in [-0.39, 0.29) is 0 Å². The Morgan fingerprint density at radius 3 is 2.64 bits per heavy atom. The molecular weight excluding hydrogens is 136 g/mol. The second-order valence-corrected chi connectivity index (χ2v) is 3.72. The summed E-state index contributed by atoms with van der Waals surface area (Å²) in [7, 11) is 2.19. The third-order valence-corrected chi connectivity index (χ3v) is 2.35. The highest BCUT2D eigenvalue weighted by Crippen LogP contribution is 2.25. The number of likely N-dealkylation sites (N-methyl/N-ethyl adjacent to an activating group) is 1. The zero-order chi connectivity index (χ0) is 8.27. The van der Waals surface area contributed by atoms with E-state index < -0.39 is 0 Å². The first kappa shape index (κ1) is 9.01. The van der Waals surface area contributed by atoms with Gasteiger partial charge in [0, 0.05) is 18.6 Å². The second-order valence-electron chi connectivity index (χ2n) is 3.72. The highest BCUT2D eigenvalue weighted by Gasteiger charge is 2.26. The van der Waals surface area contributed by atoms with Crippen LogP contribution in [0.3, 0.4) is 0 Å². The molecule has 0 spiro atoms. The molecule has 0 radical (unpaired) electrons. The number of nitrogens with zero attached hydrogens (tertiary/aromatic N) is 1. The molecule has 0 bridgehead atoms.